The van der Waals surface area contributed by atoms with Gasteiger partial charge in [-0.15, -0.1) is 0 Å². The van der Waals surface area contributed by atoms with Crippen LogP contribution in [0, 0.1) is 0 Å². The molecule has 1 rings (SSSR count). The monoisotopic (exact) mass is 307 g/mol. The minimum atomic E-state index is -3.17. The predicted molar refractivity (Wildman–Crippen MR) is 75.2 cm³/mol. The summed E-state index contributed by atoms with van der Waals surface area (Å²) in [5.41, 5.74) is 0. The van der Waals surface area contributed by atoms with E-state index in [9.17, 15) is 8.42 Å². The van der Waals surface area contributed by atoms with E-state index in [1.807, 2.05) is 0 Å². The first-order valence-electron chi connectivity index (χ1n) is 5.61. The molecule has 0 aromatic carbocycles. The lowest BCUT2D eigenvalue weighted by Gasteiger charge is -2.23. The molecule has 1 heterocycles. The molecule has 8 heteroatoms. The van der Waals surface area contributed by atoms with Gasteiger partial charge in [-0.05, 0) is 13.8 Å². The van der Waals surface area contributed by atoms with Crippen LogP contribution in [0.5, 0.6) is 0 Å². The second kappa shape index (κ2) is 6.02. The highest BCUT2D eigenvalue weighted by molar-refractivity contribution is 7.92. The van der Waals surface area contributed by atoms with Crippen molar-refractivity contribution >= 4 is 27.3 Å². The zero-order valence-corrected chi connectivity index (χ0v) is 13.0. The smallest absolute Gasteiger partial charge is 0.158 e. The minimum absolute atomic E-state index is 0.228. The Labute approximate surface area is 118 Å². The van der Waals surface area contributed by atoms with Crippen LogP contribution in [0.1, 0.15) is 19.7 Å². The van der Waals surface area contributed by atoms with Gasteiger partial charge in [-0.1, -0.05) is 11.6 Å². The van der Waals surface area contributed by atoms with Crippen LogP contribution in [0.2, 0.25) is 5.15 Å². The van der Waals surface area contributed by atoms with Crippen molar-refractivity contribution in [3.8, 4) is 0 Å². The Bertz CT molecular complexity index is 546. The van der Waals surface area contributed by atoms with Crippen molar-refractivity contribution in [3.63, 3.8) is 0 Å². The molecule has 0 saturated carbocycles. The zero-order chi connectivity index (χ0) is 14.7. The van der Waals surface area contributed by atoms with E-state index < -0.39 is 14.6 Å². The van der Waals surface area contributed by atoms with Gasteiger partial charge < -0.3 is 10.1 Å². The van der Waals surface area contributed by atoms with Gasteiger partial charge in [-0.2, -0.15) is 0 Å². The van der Waals surface area contributed by atoms with Crippen LogP contribution < -0.4 is 5.32 Å². The Kier molecular flexibility index (Phi) is 5.11. The van der Waals surface area contributed by atoms with Crippen molar-refractivity contribution in [1.29, 1.82) is 0 Å². The number of anilines is 1. The lowest BCUT2D eigenvalue weighted by Crippen LogP contribution is -2.38. The van der Waals surface area contributed by atoms with E-state index in [-0.39, 0.29) is 18.3 Å². The molecule has 0 unspecified atom stereocenters. The number of nitrogens with zero attached hydrogens (tertiary/aromatic N) is 2. The van der Waals surface area contributed by atoms with Crippen molar-refractivity contribution in [1.82, 2.24) is 9.97 Å². The fourth-order valence-electron chi connectivity index (χ4n) is 1.18. The summed E-state index contributed by atoms with van der Waals surface area (Å²) in [6.07, 6.45) is 1.21. The van der Waals surface area contributed by atoms with E-state index in [0.717, 1.165) is 0 Å². The number of hydrogen-bond donors (Lipinski definition) is 1. The van der Waals surface area contributed by atoms with E-state index in [0.29, 0.717) is 11.6 Å². The summed E-state index contributed by atoms with van der Waals surface area (Å²) in [6, 6.07) is 1.54. The van der Waals surface area contributed by atoms with Crippen LogP contribution >= 0.6 is 11.6 Å². The maximum Gasteiger partial charge on any atom is 0.158 e. The Morgan fingerprint density at radius 1 is 1.42 bits per heavy atom. The van der Waals surface area contributed by atoms with Crippen molar-refractivity contribution < 1.29 is 13.2 Å². The van der Waals surface area contributed by atoms with Crippen LogP contribution in [-0.4, -0.2) is 43.0 Å². The molecule has 0 atom stereocenters. The Hall–Kier alpha value is -0.920. The van der Waals surface area contributed by atoms with Crippen LogP contribution in [0.3, 0.4) is 0 Å². The summed E-state index contributed by atoms with van der Waals surface area (Å²) < 4.78 is 27.2. The molecule has 6 nitrogen and oxygen atoms in total. The maximum atomic E-state index is 11.6. The summed E-state index contributed by atoms with van der Waals surface area (Å²) in [4.78, 5) is 8.17. The molecular formula is C11H18ClN3O3S. The standard InChI is InChI=1S/C11H18ClN3O3S/c1-11(2,19(4,16)17)7-13-9-5-8(12)14-10(15-9)6-18-3/h5H,6-7H2,1-4H3,(H,13,14,15). The number of methoxy groups -OCH3 is 1. The zero-order valence-electron chi connectivity index (χ0n) is 11.4. The molecule has 0 amide bonds. The van der Waals surface area contributed by atoms with Crippen LogP contribution in [0.15, 0.2) is 6.07 Å². The number of sulfone groups is 1. The summed E-state index contributed by atoms with van der Waals surface area (Å²) >= 11 is 5.86. The number of ether oxygens (including phenoxy) is 1. The SMILES string of the molecule is COCc1nc(Cl)cc(NCC(C)(C)S(C)(=O)=O)n1. The second-order valence-corrected chi connectivity index (χ2v) is 7.85. The molecule has 0 aliphatic heterocycles. The van der Waals surface area contributed by atoms with Gasteiger partial charge in [0.25, 0.3) is 0 Å². The molecule has 1 aromatic rings. The van der Waals surface area contributed by atoms with E-state index >= 15 is 0 Å². The molecule has 0 bridgehead atoms. The number of aromatic nitrogens is 2. The molecule has 0 radical (unpaired) electrons. The first-order chi connectivity index (χ1) is 8.65. The minimum Gasteiger partial charge on any atom is -0.377 e. The molecule has 19 heavy (non-hydrogen) atoms. The third kappa shape index (κ3) is 4.59. The third-order valence-corrected chi connectivity index (χ3v) is 5.06. The normalized spacial score (nSPS) is 12.5. The lowest BCUT2D eigenvalue weighted by atomic mass is 10.2. The van der Waals surface area contributed by atoms with E-state index in [1.165, 1.54) is 13.4 Å². The fraction of sp³-hybridized carbons (Fsp3) is 0.636. The van der Waals surface area contributed by atoms with E-state index in [4.69, 9.17) is 16.3 Å². The fourth-order valence-corrected chi connectivity index (χ4v) is 1.72. The van der Waals surface area contributed by atoms with Crippen LogP contribution in [0.25, 0.3) is 0 Å². The molecule has 0 aliphatic rings. The average molecular weight is 308 g/mol. The highest BCUT2D eigenvalue weighted by Crippen LogP contribution is 2.17. The second-order valence-electron chi connectivity index (χ2n) is 4.81. The van der Waals surface area contributed by atoms with Gasteiger partial charge in [0.1, 0.15) is 17.6 Å². The average Bonchev–Trinajstić information content (AvgIpc) is 2.25. The van der Waals surface area contributed by atoms with Crippen molar-refractivity contribution in [3.05, 3.63) is 17.0 Å². The first kappa shape index (κ1) is 16.1. The van der Waals surface area contributed by atoms with Gasteiger partial charge in [0, 0.05) is 26.0 Å². The summed E-state index contributed by atoms with van der Waals surface area (Å²) in [6.45, 7) is 3.76. The summed E-state index contributed by atoms with van der Waals surface area (Å²) in [5, 5.41) is 3.24. The van der Waals surface area contributed by atoms with Crippen molar-refractivity contribution in [2.75, 3.05) is 25.2 Å². The van der Waals surface area contributed by atoms with Gasteiger partial charge in [0.05, 0.1) is 4.75 Å². The summed E-state index contributed by atoms with van der Waals surface area (Å²) in [7, 11) is -1.63. The number of halogens is 1. The van der Waals surface area contributed by atoms with Crippen LogP contribution in [-0.2, 0) is 21.2 Å². The Morgan fingerprint density at radius 2 is 2.05 bits per heavy atom. The molecular weight excluding hydrogens is 290 g/mol. The maximum absolute atomic E-state index is 11.6. The molecule has 0 saturated heterocycles. The molecule has 1 N–H and O–H groups in total. The van der Waals surface area contributed by atoms with Gasteiger partial charge >= 0.3 is 0 Å². The Morgan fingerprint density at radius 3 is 2.58 bits per heavy atom. The van der Waals surface area contributed by atoms with Crippen molar-refractivity contribution in [2.45, 2.75) is 25.2 Å². The van der Waals surface area contributed by atoms with Gasteiger partial charge in [0.2, 0.25) is 0 Å². The molecule has 1 aromatic heterocycles. The lowest BCUT2D eigenvalue weighted by molar-refractivity contribution is 0.178. The van der Waals surface area contributed by atoms with Gasteiger partial charge in [-0.25, -0.2) is 18.4 Å². The molecule has 0 fully saturated rings. The van der Waals surface area contributed by atoms with Gasteiger partial charge in [-0.3, -0.25) is 0 Å². The number of rotatable bonds is 6. The molecule has 0 aliphatic carbocycles. The summed E-state index contributed by atoms with van der Waals surface area (Å²) in [5.74, 6) is 0.915. The van der Waals surface area contributed by atoms with E-state index in [2.05, 4.69) is 15.3 Å². The largest absolute Gasteiger partial charge is 0.377 e. The predicted octanol–water partition coefficient (Wildman–Crippen LogP) is 1.51. The highest BCUT2D eigenvalue weighted by Gasteiger charge is 2.29. The number of hydrogen-bond acceptors (Lipinski definition) is 6. The number of nitrogens with one attached hydrogen (secondary N) is 1. The van der Waals surface area contributed by atoms with Crippen LogP contribution in [0.4, 0.5) is 5.82 Å². The van der Waals surface area contributed by atoms with E-state index in [1.54, 1.807) is 19.9 Å². The quantitative estimate of drug-likeness (QED) is 0.802. The van der Waals surface area contributed by atoms with Crippen molar-refractivity contribution in [2.24, 2.45) is 0 Å². The molecule has 108 valence electrons. The van der Waals surface area contributed by atoms with Gasteiger partial charge in [0.15, 0.2) is 15.7 Å². The highest BCUT2D eigenvalue weighted by atomic mass is 35.5. The molecule has 0 spiro atoms. The topological polar surface area (TPSA) is 81.2 Å². The third-order valence-electron chi connectivity index (χ3n) is 2.71. The Balaban J connectivity index is 2.83. The first-order valence-corrected chi connectivity index (χ1v) is 7.88.